The van der Waals surface area contributed by atoms with Crippen LogP contribution in [0.15, 0.2) is 12.1 Å². The number of anilines is 1. The highest BCUT2D eigenvalue weighted by molar-refractivity contribution is 5.92. The summed E-state index contributed by atoms with van der Waals surface area (Å²) in [5.74, 6) is 6.11. The minimum Gasteiger partial charge on any atom is -0.348 e. The quantitative estimate of drug-likeness (QED) is 0.515. The molecule has 1 aromatic rings. The van der Waals surface area contributed by atoms with Gasteiger partial charge < -0.3 is 10.7 Å². The van der Waals surface area contributed by atoms with Crippen LogP contribution in [0.2, 0.25) is 0 Å². The highest BCUT2D eigenvalue weighted by atomic mass is 16.2. The van der Waals surface area contributed by atoms with Gasteiger partial charge in [0.1, 0.15) is 0 Å². The molecular weight excluding hydrogens is 242 g/mol. The summed E-state index contributed by atoms with van der Waals surface area (Å²) in [5, 5.41) is 10.5. The summed E-state index contributed by atoms with van der Waals surface area (Å²) in [5.41, 5.74) is 2.67. The number of amides is 1. The lowest BCUT2D eigenvalue weighted by atomic mass is 10.0. The van der Waals surface area contributed by atoms with Gasteiger partial charge in [0, 0.05) is 6.04 Å². The van der Waals surface area contributed by atoms with Crippen molar-refractivity contribution in [3.8, 4) is 0 Å². The lowest BCUT2D eigenvalue weighted by molar-refractivity contribution is 0.0931. The predicted molar refractivity (Wildman–Crippen MR) is 75.5 cm³/mol. The second kappa shape index (κ2) is 7.68. The van der Waals surface area contributed by atoms with Gasteiger partial charge in [-0.15, -0.1) is 10.2 Å². The number of aromatic nitrogens is 2. The maximum Gasteiger partial charge on any atom is 0.272 e. The zero-order chi connectivity index (χ0) is 14.3. The Bertz CT molecular complexity index is 391. The molecule has 106 valence electrons. The van der Waals surface area contributed by atoms with E-state index >= 15 is 0 Å². The Balaban J connectivity index is 2.40. The summed E-state index contributed by atoms with van der Waals surface area (Å²) in [4.78, 5) is 11.9. The largest absolute Gasteiger partial charge is 0.348 e. The molecule has 1 atom stereocenters. The molecule has 0 aromatic carbocycles. The Morgan fingerprint density at radius 2 is 2.00 bits per heavy atom. The van der Waals surface area contributed by atoms with E-state index < -0.39 is 0 Å². The van der Waals surface area contributed by atoms with E-state index in [1.54, 1.807) is 12.1 Å². The van der Waals surface area contributed by atoms with Crippen molar-refractivity contribution in [2.75, 3.05) is 5.43 Å². The molecule has 1 rings (SSSR count). The molecule has 1 aromatic heterocycles. The number of nitrogens with one attached hydrogen (secondary N) is 2. The average Bonchev–Trinajstić information content (AvgIpc) is 2.38. The molecule has 6 nitrogen and oxygen atoms in total. The van der Waals surface area contributed by atoms with Crippen LogP contribution in [0.25, 0.3) is 0 Å². The SMILES string of the molecule is CC(C)CCCC(C)NC(=O)c1ccc(NN)nn1. The number of carbonyl (C=O) groups is 1. The normalized spacial score (nSPS) is 12.3. The van der Waals surface area contributed by atoms with E-state index in [0.29, 0.717) is 17.4 Å². The summed E-state index contributed by atoms with van der Waals surface area (Å²) in [7, 11) is 0. The molecule has 0 aliphatic carbocycles. The van der Waals surface area contributed by atoms with E-state index in [1.807, 2.05) is 6.92 Å². The minimum atomic E-state index is -0.201. The zero-order valence-electron chi connectivity index (χ0n) is 11.8. The van der Waals surface area contributed by atoms with Crippen molar-refractivity contribution in [2.45, 2.75) is 46.1 Å². The van der Waals surface area contributed by atoms with E-state index in [-0.39, 0.29) is 11.9 Å². The van der Waals surface area contributed by atoms with Gasteiger partial charge in [-0.2, -0.15) is 0 Å². The van der Waals surface area contributed by atoms with Gasteiger partial charge in [-0.25, -0.2) is 5.84 Å². The number of rotatable bonds is 7. The van der Waals surface area contributed by atoms with Crippen LogP contribution in [-0.4, -0.2) is 22.1 Å². The summed E-state index contributed by atoms with van der Waals surface area (Å²) >= 11 is 0. The van der Waals surface area contributed by atoms with Crippen LogP contribution in [0.4, 0.5) is 5.82 Å². The number of hydrogen-bond acceptors (Lipinski definition) is 5. The van der Waals surface area contributed by atoms with Gasteiger partial charge in [0.2, 0.25) is 0 Å². The Hall–Kier alpha value is -1.69. The predicted octanol–water partition coefficient (Wildman–Crippen LogP) is 1.71. The second-order valence-electron chi connectivity index (χ2n) is 5.15. The van der Waals surface area contributed by atoms with Crippen molar-refractivity contribution in [3.63, 3.8) is 0 Å². The lowest BCUT2D eigenvalue weighted by Gasteiger charge is -2.14. The number of nitrogens with zero attached hydrogens (tertiary/aromatic N) is 2. The molecule has 0 saturated carbocycles. The van der Waals surface area contributed by atoms with Crippen LogP contribution < -0.4 is 16.6 Å². The van der Waals surface area contributed by atoms with Crippen molar-refractivity contribution in [1.82, 2.24) is 15.5 Å². The van der Waals surface area contributed by atoms with E-state index in [9.17, 15) is 4.79 Å². The third-order valence-electron chi connectivity index (χ3n) is 2.84. The number of nitrogens with two attached hydrogens (primary N) is 1. The first kappa shape index (κ1) is 15.4. The van der Waals surface area contributed by atoms with E-state index in [1.165, 1.54) is 6.42 Å². The first-order valence-electron chi connectivity index (χ1n) is 6.64. The third-order valence-corrected chi connectivity index (χ3v) is 2.84. The van der Waals surface area contributed by atoms with Gasteiger partial charge in [0.25, 0.3) is 5.91 Å². The van der Waals surface area contributed by atoms with E-state index in [2.05, 4.69) is 34.8 Å². The highest BCUT2D eigenvalue weighted by Gasteiger charge is 2.11. The smallest absolute Gasteiger partial charge is 0.272 e. The van der Waals surface area contributed by atoms with Gasteiger partial charge in [-0.3, -0.25) is 4.79 Å². The van der Waals surface area contributed by atoms with Crippen LogP contribution in [-0.2, 0) is 0 Å². The summed E-state index contributed by atoms with van der Waals surface area (Å²) < 4.78 is 0. The Morgan fingerprint density at radius 1 is 1.26 bits per heavy atom. The standard InChI is InChI=1S/C13H23N5O/c1-9(2)5-4-6-10(3)15-13(19)11-7-8-12(16-14)18-17-11/h7-10H,4-6,14H2,1-3H3,(H,15,19)(H,16,18). The monoisotopic (exact) mass is 265 g/mol. The molecule has 0 fully saturated rings. The summed E-state index contributed by atoms with van der Waals surface area (Å²) in [6, 6.07) is 3.35. The van der Waals surface area contributed by atoms with Gasteiger partial charge in [0.05, 0.1) is 0 Å². The highest BCUT2D eigenvalue weighted by Crippen LogP contribution is 2.08. The van der Waals surface area contributed by atoms with E-state index in [4.69, 9.17) is 5.84 Å². The molecule has 0 aliphatic heterocycles. The summed E-state index contributed by atoms with van der Waals surface area (Å²) in [6.07, 6.45) is 3.26. The van der Waals surface area contributed by atoms with Gasteiger partial charge in [-0.05, 0) is 31.4 Å². The van der Waals surface area contributed by atoms with Gasteiger partial charge in [0.15, 0.2) is 11.5 Å². The van der Waals surface area contributed by atoms with Crippen molar-refractivity contribution < 1.29 is 4.79 Å². The molecule has 4 N–H and O–H groups in total. The fourth-order valence-electron chi connectivity index (χ4n) is 1.73. The molecule has 0 radical (unpaired) electrons. The minimum absolute atomic E-state index is 0.139. The van der Waals surface area contributed by atoms with Crippen molar-refractivity contribution in [1.29, 1.82) is 0 Å². The van der Waals surface area contributed by atoms with Crippen molar-refractivity contribution >= 4 is 11.7 Å². The number of carbonyl (C=O) groups excluding carboxylic acids is 1. The topological polar surface area (TPSA) is 92.9 Å². The zero-order valence-corrected chi connectivity index (χ0v) is 11.8. The Labute approximate surface area is 114 Å². The molecule has 19 heavy (non-hydrogen) atoms. The molecule has 0 aliphatic rings. The van der Waals surface area contributed by atoms with Gasteiger partial charge in [-0.1, -0.05) is 26.7 Å². The average molecular weight is 265 g/mol. The molecule has 1 amide bonds. The van der Waals surface area contributed by atoms with Crippen molar-refractivity contribution in [2.24, 2.45) is 11.8 Å². The van der Waals surface area contributed by atoms with E-state index in [0.717, 1.165) is 12.8 Å². The van der Waals surface area contributed by atoms with Crippen LogP contribution in [0.5, 0.6) is 0 Å². The Morgan fingerprint density at radius 3 is 2.53 bits per heavy atom. The first-order valence-corrected chi connectivity index (χ1v) is 6.64. The van der Waals surface area contributed by atoms with Crippen LogP contribution >= 0.6 is 0 Å². The van der Waals surface area contributed by atoms with Gasteiger partial charge >= 0.3 is 0 Å². The maximum absolute atomic E-state index is 11.9. The van der Waals surface area contributed by atoms with Crippen molar-refractivity contribution in [3.05, 3.63) is 17.8 Å². The number of hydrogen-bond donors (Lipinski definition) is 3. The lowest BCUT2D eigenvalue weighted by Crippen LogP contribution is -2.33. The number of hydrazine groups is 1. The maximum atomic E-state index is 11.9. The molecule has 1 unspecified atom stereocenters. The summed E-state index contributed by atoms with van der Waals surface area (Å²) in [6.45, 7) is 6.40. The molecular formula is C13H23N5O. The van der Waals surface area contributed by atoms with Crippen LogP contribution in [0, 0.1) is 5.92 Å². The fraction of sp³-hybridized carbons (Fsp3) is 0.615. The second-order valence-corrected chi connectivity index (χ2v) is 5.15. The van der Waals surface area contributed by atoms with Crippen LogP contribution in [0.1, 0.15) is 50.5 Å². The molecule has 1 heterocycles. The fourth-order valence-corrected chi connectivity index (χ4v) is 1.73. The number of nitrogen functional groups attached to an aromatic ring is 1. The Kier molecular flexibility index (Phi) is 6.21. The molecule has 0 saturated heterocycles. The first-order chi connectivity index (χ1) is 9.02. The molecule has 0 spiro atoms. The molecule has 0 bridgehead atoms. The molecule has 6 heteroatoms. The third kappa shape index (κ3) is 5.65. The van der Waals surface area contributed by atoms with Crippen LogP contribution in [0.3, 0.4) is 0 Å².